The molecule has 0 unspecified atom stereocenters. The van der Waals surface area contributed by atoms with Crippen LogP contribution in [-0.4, -0.2) is 32.8 Å². The highest BCUT2D eigenvalue weighted by Gasteiger charge is 2.21. The van der Waals surface area contributed by atoms with Gasteiger partial charge in [-0.05, 0) is 36.6 Å². The molecule has 106 valence electrons. The van der Waals surface area contributed by atoms with E-state index < -0.39 is 10.1 Å². The van der Waals surface area contributed by atoms with Gasteiger partial charge in [-0.25, -0.2) is 0 Å². The van der Waals surface area contributed by atoms with Gasteiger partial charge in [0.25, 0.3) is 0 Å². The van der Waals surface area contributed by atoms with E-state index >= 15 is 0 Å². The first-order chi connectivity index (χ1) is 9.03. The van der Waals surface area contributed by atoms with E-state index in [0.717, 1.165) is 12.0 Å². The zero-order chi connectivity index (χ0) is 13.9. The van der Waals surface area contributed by atoms with Crippen molar-refractivity contribution in [3.05, 3.63) is 29.3 Å². The summed E-state index contributed by atoms with van der Waals surface area (Å²) in [6, 6.07) is 4.49. The fourth-order valence-corrected chi connectivity index (χ4v) is 2.51. The number of hydroxylamine groups is 1. The van der Waals surface area contributed by atoms with Gasteiger partial charge >= 0.3 is 10.1 Å². The lowest BCUT2D eigenvalue weighted by molar-refractivity contribution is -0.0602. The van der Waals surface area contributed by atoms with E-state index in [1.54, 1.807) is 13.0 Å². The number of nitrogens with one attached hydrogen (secondary N) is 1. The molecule has 1 aromatic rings. The highest BCUT2D eigenvalue weighted by atomic mass is 32.2. The predicted molar refractivity (Wildman–Crippen MR) is 67.7 cm³/mol. The summed E-state index contributed by atoms with van der Waals surface area (Å²) in [5.41, 5.74) is 3.80. The second-order valence-electron chi connectivity index (χ2n) is 4.41. The van der Waals surface area contributed by atoms with Crippen LogP contribution in [0.4, 0.5) is 0 Å². The SMILES string of the molecule is Cc1ccc(S(=O)(=O)ONC[C@@H]2CCO2)cc1CO. The first-order valence-corrected chi connectivity index (χ1v) is 7.42. The van der Waals surface area contributed by atoms with Gasteiger partial charge in [0.2, 0.25) is 0 Å². The number of ether oxygens (including phenoxy) is 1. The van der Waals surface area contributed by atoms with Crippen molar-refractivity contribution < 1.29 is 22.5 Å². The normalized spacial score (nSPS) is 19.2. The number of benzene rings is 1. The van der Waals surface area contributed by atoms with Crippen LogP contribution >= 0.6 is 0 Å². The molecule has 0 aromatic heterocycles. The van der Waals surface area contributed by atoms with E-state index in [1.165, 1.54) is 12.1 Å². The van der Waals surface area contributed by atoms with Crippen molar-refractivity contribution in [2.75, 3.05) is 13.2 Å². The minimum Gasteiger partial charge on any atom is -0.392 e. The molecule has 0 radical (unpaired) electrons. The Morgan fingerprint density at radius 2 is 2.26 bits per heavy atom. The molecule has 7 heteroatoms. The highest BCUT2D eigenvalue weighted by molar-refractivity contribution is 7.86. The molecular weight excluding hydrogens is 270 g/mol. The van der Waals surface area contributed by atoms with Gasteiger partial charge in [-0.2, -0.15) is 18.2 Å². The molecule has 0 saturated carbocycles. The van der Waals surface area contributed by atoms with Gasteiger partial charge in [-0.15, -0.1) is 0 Å². The fraction of sp³-hybridized carbons (Fsp3) is 0.500. The van der Waals surface area contributed by atoms with E-state index in [4.69, 9.17) is 14.1 Å². The third-order valence-corrected chi connectivity index (χ3v) is 4.22. The Bertz CT molecular complexity index is 539. The summed E-state index contributed by atoms with van der Waals surface area (Å²) in [5.74, 6) is 0. The number of hydrogen-bond acceptors (Lipinski definition) is 6. The molecule has 1 aliphatic rings. The predicted octanol–water partition coefficient (Wildman–Crippen LogP) is 0.486. The number of hydrogen-bond donors (Lipinski definition) is 2. The standard InChI is InChI=1S/C12H17NO5S/c1-9-2-3-12(6-10(9)8-14)19(15,16)18-13-7-11-4-5-17-11/h2-3,6,11,13-14H,4-5,7-8H2,1H3/t11-/m0/s1. The Kier molecular flexibility index (Phi) is 4.54. The van der Waals surface area contributed by atoms with Crippen molar-refractivity contribution in [1.29, 1.82) is 0 Å². The Hall–Kier alpha value is -0.990. The minimum absolute atomic E-state index is 0.0150. The molecule has 0 aliphatic carbocycles. The minimum atomic E-state index is -3.87. The van der Waals surface area contributed by atoms with Crippen LogP contribution in [0.3, 0.4) is 0 Å². The number of aliphatic hydroxyl groups is 1. The molecule has 1 saturated heterocycles. The Morgan fingerprint density at radius 3 is 2.84 bits per heavy atom. The third kappa shape index (κ3) is 3.52. The molecule has 0 amide bonds. The van der Waals surface area contributed by atoms with Crippen molar-refractivity contribution >= 4 is 10.1 Å². The third-order valence-electron chi connectivity index (χ3n) is 3.05. The molecule has 0 bridgehead atoms. The first kappa shape index (κ1) is 14.4. The monoisotopic (exact) mass is 287 g/mol. The molecule has 2 rings (SSSR count). The van der Waals surface area contributed by atoms with E-state index in [-0.39, 0.29) is 17.6 Å². The molecule has 1 heterocycles. The zero-order valence-electron chi connectivity index (χ0n) is 10.6. The first-order valence-electron chi connectivity index (χ1n) is 6.01. The molecule has 1 atom stereocenters. The van der Waals surface area contributed by atoms with Crippen LogP contribution in [0.1, 0.15) is 17.5 Å². The molecule has 1 aromatic carbocycles. The Morgan fingerprint density at radius 1 is 1.53 bits per heavy atom. The lowest BCUT2D eigenvalue weighted by atomic mass is 10.1. The number of rotatable bonds is 6. The van der Waals surface area contributed by atoms with E-state index in [0.29, 0.717) is 18.7 Å². The second-order valence-corrected chi connectivity index (χ2v) is 5.96. The van der Waals surface area contributed by atoms with Gasteiger partial charge in [0, 0.05) is 13.2 Å². The van der Waals surface area contributed by atoms with Gasteiger partial charge in [0.1, 0.15) is 0 Å². The Labute approximate surface area is 112 Å². The van der Waals surface area contributed by atoms with Gasteiger partial charge in [0.15, 0.2) is 0 Å². The van der Waals surface area contributed by atoms with Crippen LogP contribution in [0.2, 0.25) is 0 Å². The smallest absolute Gasteiger partial charge is 0.312 e. The maximum Gasteiger partial charge on any atom is 0.312 e. The second kappa shape index (κ2) is 5.98. The molecule has 1 aliphatic heterocycles. The average Bonchev–Trinajstić information content (AvgIpc) is 2.32. The molecule has 19 heavy (non-hydrogen) atoms. The summed E-state index contributed by atoms with van der Waals surface area (Å²) in [6.07, 6.45) is 0.913. The van der Waals surface area contributed by atoms with Gasteiger partial charge in [0.05, 0.1) is 17.6 Å². The molecular formula is C12H17NO5S. The maximum absolute atomic E-state index is 11.9. The summed E-state index contributed by atoms with van der Waals surface area (Å²) < 4.78 is 33.6. The largest absolute Gasteiger partial charge is 0.392 e. The van der Waals surface area contributed by atoms with Gasteiger partial charge in [-0.1, -0.05) is 6.07 Å². The van der Waals surface area contributed by atoms with Gasteiger partial charge in [-0.3, -0.25) is 0 Å². The molecule has 2 N–H and O–H groups in total. The van der Waals surface area contributed by atoms with Crippen LogP contribution in [0.25, 0.3) is 0 Å². The van der Waals surface area contributed by atoms with Crippen molar-refractivity contribution in [1.82, 2.24) is 5.48 Å². The average molecular weight is 287 g/mol. The lowest BCUT2D eigenvalue weighted by Crippen LogP contribution is -2.38. The van der Waals surface area contributed by atoms with Crippen molar-refractivity contribution in [2.24, 2.45) is 0 Å². The van der Waals surface area contributed by atoms with E-state index in [9.17, 15) is 8.42 Å². The molecule has 1 fully saturated rings. The summed E-state index contributed by atoms with van der Waals surface area (Å²) in [6.45, 7) is 2.63. The van der Waals surface area contributed by atoms with E-state index in [1.807, 2.05) is 0 Å². The zero-order valence-corrected chi connectivity index (χ0v) is 11.4. The van der Waals surface area contributed by atoms with Crippen LogP contribution in [0.5, 0.6) is 0 Å². The fourth-order valence-electron chi connectivity index (χ4n) is 1.67. The highest BCUT2D eigenvalue weighted by Crippen LogP contribution is 2.17. The summed E-state index contributed by atoms with van der Waals surface area (Å²) in [5, 5.41) is 9.13. The van der Waals surface area contributed by atoms with Crippen molar-refractivity contribution in [3.63, 3.8) is 0 Å². The Balaban J connectivity index is 2.01. The summed E-state index contributed by atoms with van der Waals surface area (Å²) in [7, 11) is -3.87. The summed E-state index contributed by atoms with van der Waals surface area (Å²) in [4.78, 5) is 0.0178. The van der Waals surface area contributed by atoms with Crippen LogP contribution in [-0.2, 0) is 25.7 Å². The van der Waals surface area contributed by atoms with Crippen molar-refractivity contribution in [2.45, 2.75) is 31.0 Å². The number of aliphatic hydroxyl groups excluding tert-OH is 1. The topological polar surface area (TPSA) is 84.9 Å². The molecule has 6 nitrogen and oxygen atoms in total. The van der Waals surface area contributed by atoms with Crippen LogP contribution < -0.4 is 5.48 Å². The van der Waals surface area contributed by atoms with Crippen LogP contribution in [0, 0.1) is 6.92 Å². The van der Waals surface area contributed by atoms with Crippen LogP contribution in [0.15, 0.2) is 23.1 Å². The lowest BCUT2D eigenvalue weighted by Gasteiger charge is -2.25. The van der Waals surface area contributed by atoms with Gasteiger partial charge < -0.3 is 9.84 Å². The quantitative estimate of drug-likeness (QED) is 0.741. The number of aryl methyl sites for hydroxylation is 1. The van der Waals surface area contributed by atoms with E-state index in [2.05, 4.69) is 5.48 Å². The maximum atomic E-state index is 11.9. The van der Waals surface area contributed by atoms with Crippen molar-refractivity contribution in [3.8, 4) is 0 Å². The summed E-state index contributed by atoms with van der Waals surface area (Å²) >= 11 is 0. The molecule has 0 spiro atoms.